The van der Waals surface area contributed by atoms with Gasteiger partial charge in [-0.25, -0.2) is 14.8 Å². The third kappa shape index (κ3) is 7.25. The van der Waals surface area contributed by atoms with Crippen LogP contribution < -0.4 is 10.6 Å². The van der Waals surface area contributed by atoms with E-state index in [4.69, 9.17) is 26.5 Å². The number of allylic oxidation sites excluding steroid dienone is 1. The Hall–Kier alpha value is -3.99. The van der Waals surface area contributed by atoms with Crippen LogP contribution in [0.1, 0.15) is 30.1 Å². The lowest BCUT2D eigenvalue weighted by Crippen LogP contribution is -2.45. The number of hydrogen-bond acceptors (Lipinski definition) is 10. The molecule has 0 atom stereocenters. The van der Waals surface area contributed by atoms with E-state index < -0.39 is 11.9 Å². The number of anilines is 1. The lowest BCUT2D eigenvalue weighted by molar-refractivity contribution is -0.150. The summed E-state index contributed by atoms with van der Waals surface area (Å²) in [6.07, 6.45) is 5.66. The van der Waals surface area contributed by atoms with E-state index in [1.807, 2.05) is 0 Å². The fourth-order valence-electron chi connectivity index (χ4n) is 3.51. The first-order valence-electron chi connectivity index (χ1n) is 11.2. The number of amides is 1. The first-order valence-corrected chi connectivity index (χ1v) is 11.5. The van der Waals surface area contributed by atoms with Crippen LogP contribution in [0.2, 0.25) is 5.02 Å². The van der Waals surface area contributed by atoms with Gasteiger partial charge in [-0.1, -0.05) is 23.7 Å². The zero-order valence-electron chi connectivity index (χ0n) is 19.9. The number of aromatic nitrogens is 2. The minimum atomic E-state index is -0.482. The van der Waals surface area contributed by atoms with Gasteiger partial charge in [0.25, 0.3) is 5.91 Å². The summed E-state index contributed by atoms with van der Waals surface area (Å²) in [6, 6.07) is 6.77. The third-order valence-electron chi connectivity index (χ3n) is 5.46. The molecule has 0 saturated carbocycles. The first-order chi connectivity index (χ1) is 17.3. The maximum atomic E-state index is 12.1. The lowest BCUT2D eigenvalue weighted by Gasteiger charge is -2.32. The first kappa shape index (κ1) is 26.6. The van der Waals surface area contributed by atoms with E-state index in [9.17, 15) is 14.4 Å². The maximum absolute atomic E-state index is 12.1. The van der Waals surface area contributed by atoms with Crippen molar-refractivity contribution in [2.75, 3.05) is 32.1 Å². The number of nitrogens with one attached hydrogen (secondary N) is 3. The molecule has 3 N–H and O–H groups in total. The molecule has 1 aromatic heterocycles. The Morgan fingerprint density at radius 3 is 2.53 bits per heavy atom. The van der Waals surface area contributed by atoms with Crippen LogP contribution >= 0.6 is 11.6 Å². The number of rotatable bonds is 9. The van der Waals surface area contributed by atoms with Crippen LogP contribution in [0, 0.1) is 5.41 Å². The number of carbonyl (C=O) groups excluding carboxylic acids is 3. The van der Waals surface area contributed by atoms with Crippen molar-refractivity contribution >= 4 is 41.6 Å². The Labute approximate surface area is 213 Å². The minimum absolute atomic E-state index is 0.106. The van der Waals surface area contributed by atoms with Gasteiger partial charge in [-0.05, 0) is 25.0 Å². The third-order valence-corrected chi connectivity index (χ3v) is 5.73. The maximum Gasteiger partial charge on any atom is 0.337 e. The van der Waals surface area contributed by atoms with E-state index in [-0.39, 0.29) is 24.5 Å². The van der Waals surface area contributed by atoms with Gasteiger partial charge in [-0.2, -0.15) is 0 Å². The van der Waals surface area contributed by atoms with Crippen LogP contribution in [0.3, 0.4) is 0 Å². The van der Waals surface area contributed by atoms with Crippen molar-refractivity contribution in [3.05, 3.63) is 52.9 Å². The van der Waals surface area contributed by atoms with Gasteiger partial charge in [-0.15, -0.1) is 0 Å². The van der Waals surface area contributed by atoms with Gasteiger partial charge < -0.3 is 30.4 Å². The van der Waals surface area contributed by atoms with Crippen molar-refractivity contribution in [1.82, 2.24) is 20.2 Å². The number of halogens is 1. The standard InChI is InChI=1S/C24H27ClN6O5/c1-15(32)36-14-21(33)31-9-7-18(8-10-31)27-12-19(11-26)29-24-28-13-20(25)22(30-24)16-3-5-17(6-4-16)23(34)35-2/h3-6,11-13,18,26-27H,7-10,14H2,1-2H3,(H,28,29,30)/b19-12+,26-11?. The van der Waals surface area contributed by atoms with E-state index in [0.29, 0.717) is 53.5 Å². The van der Waals surface area contributed by atoms with Crippen LogP contribution in [-0.4, -0.2) is 71.8 Å². The molecule has 0 spiro atoms. The van der Waals surface area contributed by atoms with Gasteiger partial charge >= 0.3 is 11.9 Å². The smallest absolute Gasteiger partial charge is 0.337 e. The van der Waals surface area contributed by atoms with E-state index in [2.05, 4.69) is 20.6 Å². The van der Waals surface area contributed by atoms with Crippen LogP contribution in [0.25, 0.3) is 11.3 Å². The predicted octanol–water partition coefficient (Wildman–Crippen LogP) is 2.63. The molecule has 0 radical (unpaired) electrons. The molecule has 1 amide bonds. The summed E-state index contributed by atoms with van der Waals surface area (Å²) < 4.78 is 9.48. The second kappa shape index (κ2) is 12.6. The van der Waals surface area contributed by atoms with Gasteiger partial charge in [0.05, 0.1) is 35.3 Å². The van der Waals surface area contributed by atoms with Gasteiger partial charge in [0.1, 0.15) is 0 Å². The van der Waals surface area contributed by atoms with Gasteiger partial charge in [0, 0.05) is 44.0 Å². The summed E-state index contributed by atoms with van der Waals surface area (Å²) in [6.45, 7) is 2.10. The van der Waals surface area contributed by atoms with Crippen LogP contribution in [0.15, 0.2) is 42.4 Å². The van der Waals surface area contributed by atoms with Crippen molar-refractivity contribution in [1.29, 1.82) is 5.41 Å². The molecule has 36 heavy (non-hydrogen) atoms. The van der Waals surface area contributed by atoms with Crippen molar-refractivity contribution in [3.8, 4) is 11.3 Å². The highest BCUT2D eigenvalue weighted by atomic mass is 35.5. The quantitative estimate of drug-likeness (QED) is 0.339. The molecule has 3 rings (SSSR count). The summed E-state index contributed by atoms with van der Waals surface area (Å²) in [4.78, 5) is 44.9. The number of ether oxygens (including phenoxy) is 2. The number of carbonyl (C=O) groups is 3. The summed E-state index contributed by atoms with van der Waals surface area (Å²) in [5.74, 6) is -0.888. The normalized spacial score (nSPS) is 14.1. The average molecular weight is 515 g/mol. The van der Waals surface area contributed by atoms with E-state index in [1.54, 1.807) is 35.4 Å². The number of nitrogens with zero attached hydrogens (tertiary/aromatic N) is 3. The number of hydrogen-bond donors (Lipinski definition) is 3. The van der Waals surface area contributed by atoms with E-state index in [0.717, 1.165) is 6.21 Å². The lowest BCUT2D eigenvalue weighted by atomic mass is 10.1. The van der Waals surface area contributed by atoms with Crippen LogP contribution in [0.4, 0.5) is 5.95 Å². The van der Waals surface area contributed by atoms with Gasteiger partial charge in [0.2, 0.25) is 5.95 Å². The fraction of sp³-hybridized carbons (Fsp3) is 0.333. The molecular weight excluding hydrogens is 488 g/mol. The monoisotopic (exact) mass is 514 g/mol. The molecular formula is C24H27ClN6O5. The van der Waals surface area contributed by atoms with Crippen molar-refractivity contribution in [3.63, 3.8) is 0 Å². The SMILES string of the molecule is COC(=O)c1ccc(-c2nc(N/C(C=N)=C/NC3CCN(C(=O)COC(C)=O)CC3)ncc2Cl)cc1. The second-order valence-corrected chi connectivity index (χ2v) is 8.34. The van der Waals surface area contributed by atoms with E-state index >= 15 is 0 Å². The number of likely N-dealkylation sites (tertiary alicyclic amines) is 1. The Balaban J connectivity index is 1.60. The molecule has 1 saturated heterocycles. The zero-order valence-corrected chi connectivity index (χ0v) is 20.7. The predicted molar refractivity (Wildman–Crippen MR) is 134 cm³/mol. The largest absolute Gasteiger partial charge is 0.465 e. The molecule has 1 fully saturated rings. The van der Waals surface area contributed by atoms with Gasteiger partial charge in [0.15, 0.2) is 6.61 Å². The molecule has 1 aliphatic heterocycles. The van der Waals surface area contributed by atoms with Crippen molar-refractivity contribution in [2.24, 2.45) is 0 Å². The summed E-state index contributed by atoms with van der Waals surface area (Å²) in [5.41, 5.74) is 1.99. The molecule has 1 aliphatic rings. The Kier molecular flexibility index (Phi) is 9.34. The minimum Gasteiger partial charge on any atom is -0.465 e. The molecule has 2 aromatic rings. The highest BCUT2D eigenvalue weighted by Gasteiger charge is 2.22. The molecule has 2 heterocycles. The fourth-order valence-corrected chi connectivity index (χ4v) is 3.71. The molecule has 0 unspecified atom stereocenters. The van der Waals surface area contributed by atoms with Crippen LogP contribution in [0.5, 0.6) is 0 Å². The van der Waals surface area contributed by atoms with Crippen molar-refractivity contribution in [2.45, 2.75) is 25.8 Å². The topological polar surface area (TPSA) is 147 Å². The Morgan fingerprint density at radius 2 is 1.92 bits per heavy atom. The second-order valence-electron chi connectivity index (χ2n) is 7.93. The van der Waals surface area contributed by atoms with Crippen LogP contribution in [-0.2, 0) is 19.1 Å². The van der Waals surface area contributed by atoms with Crippen molar-refractivity contribution < 1.29 is 23.9 Å². The summed E-state index contributed by atoms with van der Waals surface area (Å²) in [5, 5.41) is 14.3. The van der Waals surface area contributed by atoms with E-state index in [1.165, 1.54) is 20.2 Å². The molecule has 12 heteroatoms. The Morgan fingerprint density at radius 1 is 1.22 bits per heavy atom. The highest BCUT2D eigenvalue weighted by Crippen LogP contribution is 2.27. The van der Waals surface area contributed by atoms with Gasteiger partial charge in [-0.3, -0.25) is 9.59 Å². The summed E-state index contributed by atoms with van der Waals surface area (Å²) >= 11 is 6.29. The number of methoxy groups -OCH3 is 1. The summed E-state index contributed by atoms with van der Waals surface area (Å²) in [7, 11) is 1.32. The molecule has 0 bridgehead atoms. The highest BCUT2D eigenvalue weighted by molar-refractivity contribution is 6.32. The molecule has 0 aliphatic carbocycles. The number of piperidine rings is 1. The zero-order chi connectivity index (χ0) is 26.1. The molecule has 11 nitrogen and oxygen atoms in total. The molecule has 190 valence electrons. The number of esters is 2. The Bertz CT molecular complexity index is 1150. The molecule has 1 aromatic carbocycles. The average Bonchev–Trinajstić information content (AvgIpc) is 2.90. The number of benzene rings is 1.